The summed E-state index contributed by atoms with van der Waals surface area (Å²) in [4.78, 5) is 10.5. The van der Waals surface area contributed by atoms with E-state index in [-0.39, 0.29) is 0 Å². The maximum Gasteiger partial charge on any atom is 0.293 e. The Morgan fingerprint density at radius 1 is 0.933 bits per heavy atom. The van der Waals surface area contributed by atoms with Crippen LogP contribution in [0.25, 0.3) is 0 Å². The maximum atomic E-state index is 5.24. The fourth-order valence-corrected chi connectivity index (χ4v) is 0.521. The molecule has 4 heteroatoms. The van der Waals surface area contributed by atoms with Crippen LogP contribution in [0.15, 0.2) is 10.3 Å². The van der Waals surface area contributed by atoms with E-state index in [2.05, 4.69) is 10.3 Å². The average Bonchev–Trinajstić information content (AvgIpc) is 2.22. The Kier molecular flexibility index (Phi) is 5.97. The molecule has 0 fully saturated rings. The molecule has 0 saturated carbocycles. The van der Waals surface area contributed by atoms with E-state index in [0.29, 0.717) is 0 Å². The lowest BCUT2D eigenvalue weighted by Gasteiger charge is -2.20. The van der Waals surface area contributed by atoms with Gasteiger partial charge in [0.15, 0.2) is 0 Å². The summed E-state index contributed by atoms with van der Waals surface area (Å²) in [5, 5.41) is 7.88. The average molecular weight is 214 g/mol. The van der Waals surface area contributed by atoms with Gasteiger partial charge in [0.2, 0.25) is 0 Å². The molecule has 15 heavy (non-hydrogen) atoms. The minimum Gasteiger partial charge on any atom is -0.346 e. The van der Waals surface area contributed by atoms with Gasteiger partial charge in [0.1, 0.15) is 0 Å². The number of oxime groups is 2. The van der Waals surface area contributed by atoms with Gasteiger partial charge in [-0.15, -0.1) is 0 Å². The molecule has 88 valence electrons. The van der Waals surface area contributed by atoms with Gasteiger partial charge in [-0.1, -0.05) is 24.2 Å². The van der Waals surface area contributed by atoms with Crippen LogP contribution in [0.3, 0.4) is 0 Å². The van der Waals surface area contributed by atoms with Crippen molar-refractivity contribution in [1.29, 1.82) is 0 Å². The van der Waals surface area contributed by atoms with Crippen molar-refractivity contribution in [1.82, 2.24) is 0 Å². The Balaban J connectivity index is 4.19. The smallest absolute Gasteiger partial charge is 0.293 e. The normalized spacial score (nSPS) is 14.0. The number of nitrogens with zero attached hydrogens (tertiary/aromatic N) is 2. The first-order chi connectivity index (χ1) is 6.91. The molecule has 4 nitrogen and oxygen atoms in total. The maximum absolute atomic E-state index is 5.24. The van der Waals surface area contributed by atoms with Crippen molar-refractivity contribution in [3.8, 4) is 0 Å². The highest BCUT2D eigenvalue weighted by molar-refractivity contribution is 5.81. The van der Waals surface area contributed by atoms with E-state index < -0.39 is 5.79 Å². The minimum absolute atomic E-state index is 0.813. The van der Waals surface area contributed by atoms with Gasteiger partial charge >= 0.3 is 0 Å². The van der Waals surface area contributed by atoms with Crippen LogP contribution in [0.5, 0.6) is 0 Å². The first-order valence-electron chi connectivity index (χ1n) is 5.34. The van der Waals surface area contributed by atoms with Crippen LogP contribution in [-0.4, -0.2) is 17.2 Å². The number of rotatable bonds is 6. The highest BCUT2D eigenvalue weighted by Gasteiger charge is 2.21. The molecular weight excluding hydrogens is 192 g/mol. The molecule has 0 aliphatic heterocycles. The summed E-state index contributed by atoms with van der Waals surface area (Å²) in [6.07, 6.45) is 1.74. The van der Waals surface area contributed by atoms with Crippen LogP contribution < -0.4 is 0 Å². The largest absolute Gasteiger partial charge is 0.346 e. The van der Waals surface area contributed by atoms with Gasteiger partial charge in [0.25, 0.3) is 5.79 Å². The summed E-state index contributed by atoms with van der Waals surface area (Å²) in [6, 6.07) is 0. The zero-order valence-corrected chi connectivity index (χ0v) is 10.6. The summed E-state index contributed by atoms with van der Waals surface area (Å²) in [5.41, 5.74) is 1.87. The zero-order valence-electron chi connectivity index (χ0n) is 10.6. The molecule has 0 amide bonds. The highest BCUT2D eigenvalue weighted by atomic mass is 16.8. The Morgan fingerprint density at radius 2 is 1.27 bits per heavy atom. The van der Waals surface area contributed by atoms with Gasteiger partial charge in [0, 0.05) is 13.8 Å². The first kappa shape index (κ1) is 13.9. The van der Waals surface area contributed by atoms with E-state index in [1.54, 1.807) is 13.8 Å². The van der Waals surface area contributed by atoms with E-state index in [1.165, 1.54) is 0 Å². The summed E-state index contributed by atoms with van der Waals surface area (Å²) in [5.74, 6) is -0.813. The molecule has 0 aromatic heterocycles. The molecule has 0 aliphatic rings. The summed E-state index contributed by atoms with van der Waals surface area (Å²) < 4.78 is 0. The Morgan fingerprint density at radius 3 is 1.53 bits per heavy atom. The van der Waals surface area contributed by atoms with Gasteiger partial charge in [-0.25, -0.2) is 0 Å². The Labute approximate surface area is 92.3 Å². The molecule has 0 aliphatic carbocycles. The summed E-state index contributed by atoms with van der Waals surface area (Å²) in [7, 11) is 0. The van der Waals surface area contributed by atoms with E-state index >= 15 is 0 Å². The van der Waals surface area contributed by atoms with Crippen molar-refractivity contribution in [2.24, 2.45) is 10.3 Å². The highest BCUT2D eigenvalue weighted by Crippen LogP contribution is 2.12. The van der Waals surface area contributed by atoms with Gasteiger partial charge < -0.3 is 9.68 Å². The molecule has 0 rings (SSSR count). The van der Waals surface area contributed by atoms with Crippen LogP contribution in [0.1, 0.15) is 54.4 Å². The molecule has 0 radical (unpaired) electrons. The van der Waals surface area contributed by atoms with E-state index in [4.69, 9.17) is 9.68 Å². The predicted octanol–water partition coefficient (Wildman–Crippen LogP) is 3.33. The second kappa shape index (κ2) is 6.43. The lowest BCUT2D eigenvalue weighted by molar-refractivity contribution is -0.214. The van der Waals surface area contributed by atoms with E-state index in [9.17, 15) is 0 Å². The van der Waals surface area contributed by atoms with Gasteiger partial charge in [-0.3, -0.25) is 0 Å². The van der Waals surface area contributed by atoms with E-state index in [1.807, 2.05) is 27.7 Å². The zero-order chi connectivity index (χ0) is 11.9. The summed E-state index contributed by atoms with van der Waals surface area (Å²) >= 11 is 0. The van der Waals surface area contributed by atoms with Crippen molar-refractivity contribution in [3.05, 3.63) is 0 Å². The monoisotopic (exact) mass is 214 g/mol. The van der Waals surface area contributed by atoms with Crippen molar-refractivity contribution in [2.45, 2.75) is 60.2 Å². The predicted molar refractivity (Wildman–Crippen MR) is 63.0 cm³/mol. The Hall–Kier alpha value is -1.06. The van der Waals surface area contributed by atoms with Crippen molar-refractivity contribution in [3.63, 3.8) is 0 Å². The molecule has 0 heterocycles. The first-order valence-corrected chi connectivity index (χ1v) is 5.34. The van der Waals surface area contributed by atoms with Gasteiger partial charge in [-0.05, 0) is 26.7 Å². The third kappa shape index (κ3) is 6.94. The van der Waals surface area contributed by atoms with Crippen molar-refractivity contribution in [2.75, 3.05) is 0 Å². The molecule has 0 aromatic rings. The fraction of sp³-hybridized carbons (Fsp3) is 0.818. The number of hydrogen-bond donors (Lipinski definition) is 0. The molecule has 0 unspecified atom stereocenters. The van der Waals surface area contributed by atoms with Gasteiger partial charge in [-0.2, -0.15) is 0 Å². The molecule has 0 bridgehead atoms. The second-order valence-electron chi connectivity index (χ2n) is 3.94. The van der Waals surface area contributed by atoms with Crippen LogP contribution in [-0.2, 0) is 9.68 Å². The van der Waals surface area contributed by atoms with Gasteiger partial charge in [0.05, 0.1) is 11.4 Å². The standard InChI is InChI=1S/C11H22N2O2/c1-7-9(3)12-14-11(5,6)15-13-10(4)8-2/h7-8H2,1-6H3/b12-9+,13-10+. The molecule has 0 aromatic carbocycles. The SMILES string of the molecule is CC/C(C)=N/OC(C)(C)O/N=C(\C)CC. The quantitative estimate of drug-likeness (QED) is 0.386. The Bertz CT molecular complexity index is 221. The van der Waals surface area contributed by atoms with Crippen LogP contribution >= 0.6 is 0 Å². The molecular formula is C11H22N2O2. The molecule has 0 atom stereocenters. The third-order valence-electron chi connectivity index (χ3n) is 1.87. The van der Waals surface area contributed by atoms with Crippen LogP contribution in [0, 0.1) is 0 Å². The van der Waals surface area contributed by atoms with Crippen LogP contribution in [0.2, 0.25) is 0 Å². The van der Waals surface area contributed by atoms with E-state index in [0.717, 1.165) is 24.3 Å². The fourth-order valence-electron chi connectivity index (χ4n) is 0.521. The second-order valence-corrected chi connectivity index (χ2v) is 3.94. The topological polar surface area (TPSA) is 43.2 Å². The van der Waals surface area contributed by atoms with Crippen molar-refractivity contribution < 1.29 is 9.68 Å². The molecule has 0 saturated heterocycles. The van der Waals surface area contributed by atoms with Crippen molar-refractivity contribution >= 4 is 11.4 Å². The molecule has 0 spiro atoms. The lowest BCUT2D eigenvalue weighted by atomic mass is 10.3. The summed E-state index contributed by atoms with van der Waals surface area (Å²) in [6.45, 7) is 11.4. The van der Waals surface area contributed by atoms with Crippen LogP contribution in [0.4, 0.5) is 0 Å². The lowest BCUT2D eigenvalue weighted by Crippen LogP contribution is -2.24. The minimum atomic E-state index is -0.813. The number of hydrogen-bond acceptors (Lipinski definition) is 4. The molecule has 0 N–H and O–H groups in total. The third-order valence-corrected chi connectivity index (χ3v) is 1.87.